The third-order valence-electron chi connectivity index (χ3n) is 4.22. The molecule has 0 radical (unpaired) electrons. The molecule has 1 spiro atoms. The van der Waals surface area contributed by atoms with Crippen LogP contribution in [-0.4, -0.2) is 47.9 Å². The highest BCUT2D eigenvalue weighted by molar-refractivity contribution is 6.07. The SMILES string of the molecule is O=C(CN1CCC2(CC1)NC(=O)NC2=O)Nc1ccc(F)cc1. The third-order valence-corrected chi connectivity index (χ3v) is 4.22. The van der Waals surface area contributed by atoms with Gasteiger partial charge in [-0.1, -0.05) is 0 Å². The number of rotatable bonds is 3. The fourth-order valence-corrected chi connectivity index (χ4v) is 2.91. The number of carbonyl (C=O) groups is 3. The van der Waals surface area contributed by atoms with Crippen LogP contribution in [0.4, 0.5) is 14.9 Å². The van der Waals surface area contributed by atoms with Crippen LogP contribution in [0.2, 0.25) is 0 Å². The van der Waals surface area contributed by atoms with Crippen molar-refractivity contribution >= 4 is 23.5 Å². The van der Waals surface area contributed by atoms with Crippen molar-refractivity contribution in [3.8, 4) is 0 Å². The Morgan fingerprint density at radius 3 is 2.43 bits per heavy atom. The summed E-state index contributed by atoms with van der Waals surface area (Å²) in [5.41, 5.74) is -0.298. The van der Waals surface area contributed by atoms with Crippen LogP contribution in [0.1, 0.15) is 12.8 Å². The summed E-state index contributed by atoms with van der Waals surface area (Å²) in [5.74, 6) is -0.855. The molecule has 2 aliphatic rings. The number of halogens is 1. The van der Waals surface area contributed by atoms with E-state index in [2.05, 4.69) is 16.0 Å². The van der Waals surface area contributed by atoms with Gasteiger partial charge in [-0.25, -0.2) is 9.18 Å². The van der Waals surface area contributed by atoms with E-state index >= 15 is 0 Å². The minimum absolute atomic E-state index is 0.184. The Morgan fingerprint density at radius 2 is 1.87 bits per heavy atom. The van der Waals surface area contributed by atoms with Gasteiger partial charge in [0.1, 0.15) is 11.4 Å². The van der Waals surface area contributed by atoms with Gasteiger partial charge < -0.3 is 10.6 Å². The molecule has 8 heteroatoms. The van der Waals surface area contributed by atoms with Crippen LogP contribution in [0.5, 0.6) is 0 Å². The molecule has 0 saturated carbocycles. The van der Waals surface area contributed by atoms with Crippen molar-refractivity contribution in [1.82, 2.24) is 15.5 Å². The van der Waals surface area contributed by atoms with Crippen LogP contribution in [0.25, 0.3) is 0 Å². The molecular formula is C15H17FN4O3. The highest BCUT2D eigenvalue weighted by atomic mass is 19.1. The molecule has 23 heavy (non-hydrogen) atoms. The van der Waals surface area contributed by atoms with Gasteiger partial charge in [0.15, 0.2) is 0 Å². The van der Waals surface area contributed by atoms with Gasteiger partial charge >= 0.3 is 6.03 Å². The van der Waals surface area contributed by atoms with Crippen LogP contribution in [0, 0.1) is 5.82 Å². The molecule has 0 unspecified atom stereocenters. The van der Waals surface area contributed by atoms with E-state index in [0.29, 0.717) is 31.6 Å². The predicted octanol–water partition coefficient (Wildman–Crippen LogP) is 0.438. The number of urea groups is 1. The smallest absolute Gasteiger partial charge is 0.322 e. The second-order valence-corrected chi connectivity index (χ2v) is 5.82. The van der Waals surface area contributed by atoms with Gasteiger partial charge in [-0.3, -0.25) is 19.8 Å². The van der Waals surface area contributed by atoms with Gasteiger partial charge in [0.05, 0.1) is 6.54 Å². The third kappa shape index (κ3) is 3.31. The zero-order chi connectivity index (χ0) is 16.4. The Morgan fingerprint density at radius 1 is 1.22 bits per heavy atom. The summed E-state index contributed by atoms with van der Waals surface area (Å²) in [6.07, 6.45) is 0.933. The number of carbonyl (C=O) groups excluding carboxylic acids is 3. The van der Waals surface area contributed by atoms with Crippen molar-refractivity contribution in [2.24, 2.45) is 0 Å². The number of anilines is 1. The highest BCUT2D eigenvalue weighted by Gasteiger charge is 2.47. The van der Waals surface area contributed by atoms with Gasteiger partial charge in [-0.2, -0.15) is 0 Å². The lowest BCUT2D eigenvalue weighted by molar-refractivity contribution is -0.125. The number of nitrogens with one attached hydrogen (secondary N) is 3. The Bertz CT molecular complexity index is 639. The Labute approximate surface area is 132 Å². The molecule has 2 aliphatic heterocycles. The van der Waals surface area contributed by atoms with Crippen LogP contribution in [-0.2, 0) is 9.59 Å². The van der Waals surface area contributed by atoms with Crippen molar-refractivity contribution in [3.63, 3.8) is 0 Å². The van der Waals surface area contributed by atoms with Crippen molar-refractivity contribution in [2.45, 2.75) is 18.4 Å². The van der Waals surface area contributed by atoms with E-state index in [-0.39, 0.29) is 24.2 Å². The Hall–Kier alpha value is -2.48. The summed E-state index contributed by atoms with van der Waals surface area (Å²) in [5, 5.41) is 7.63. The highest BCUT2D eigenvalue weighted by Crippen LogP contribution is 2.25. The minimum atomic E-state index is -0.832. The number of hydrogen-bond donors (Lipinski definition) is 3. The largest absolute Gasteiger partial charge is 0.325 e. The molecule has 2 heterocycles. The molecule has 1 aromatic carbocycles. The number of imide groups is 1. The molecule has 0 atom stereocenters. The molecule has 3 rings (SSSR count). The number of amides is 4. The molecule has 0 aromatic heterocycles. The first-order valence-electron chi connectivity index (χ1n) is 7.38. The second kappa shape index (κ2) is 5.96. The maximum absolute atomic E-state index is 12.8. The Balaban J connectivity index is 1.50. The van der Waals surface area contributed by atoms with E-state index in [1.165, 1.54) is 24.3 Å². The number of hydrogen-bond acceptors (Lipinski definition) is 4. The normalized spacial score (nSPS) is 20.2. The topological polar surface area (TPSA) is 90.5 Å². The lowest BCUT2D eigenvalue weighted by Crippen LogP contribution is -2.55. The zero-order valence-electron chi connectivity index (χ0n) is 12.4. The molecular weight excluding hydrogens is 303 g/mol. The van der Waals surface area contributed by atoms with Crippen LogP contribution >= 0.6 is 0 Å². The zero-order valence-corrected chi connectivity index (χ0v) is 12.4. The number of likely N-dealkylation sites (tertiary alicyclic amines) is 1. The fraction of sp³-hybridized carbons (Fsp3) is 0.400. The second-order valence-electron chi connectivity index (χ2n) is 5.82. The van der Waals surface area contributed by atoms with E-state index in [4.69, 9.17) is 0 Å². The lowest BCUT2D eigenvalue weighted by Gasteiger charge is -2.36. The first kappa shape index (κ1) is 15.4. The van der Waals surface area contributed by atoms with E-state index in [9.17, 15) is 18.8 Å². The summed E-state index contributed by atoms with van der Waals surface area (Å²) in [6, 6.07) is 5.09. The maximum atomic E-state index is 12.8. The molecule has 3 N–H and O–H groups in total. The van der Waals surface area contributed by atoms with Crippen molar-refractivity contribution < 1.29 is 18.8 Å². The number of piperidine rings is 1. The molecule has 122 valence electrons. The first-order chi connectivity index (χ1) is 11.0. The van der Waals surface area contributed by atoms with Crippen LogP contribution < -0.4 is 16.0 Å². The average Bonchev–Trinajstić information content (AvgIpc) is 2.78. The quantitative estimate of drug-likeness (QED) is 0.705. The van der Waals surface area contributed by atoms with E-state index in [1.54, 1.807) is 0 Å². The van der Waals surface area contributed by atoms with E-state index in [1.807, 2.05) is 4.90 Å². The molecule has 2 fully saturated rings. The summed E-state index contributed by atoms with van der Waals surface area (Å²) >= 11 is 0. The molecule has 0 aliphatic carbocycles. The first-order valence-corrected chi connectivity index (χ1v) is 7.38. The van der Waals surface area contributed by atoms with Crippen molar-refractivity contribution in [2.75, 3.05) is 25.0 Å². The van der Waals surface area contributed by atoms with Crippen LogP contribution in [0.15, 0.2) is 24.3 Å². The molecule has 0 bridgehead atoms. The summed E-state index contributed by atoms with van der Waals surface area (Å²) in [6.45, 7) is 1.25. The fourth-order valence-electron chi connectivity index (χ4n) is 2.91. The monoisotopic (exact) mass is 320 g/mol. The lowest BCUT2D eigenvalue weighted by atomic mass is 9.88. The van der Waals surface area contributed by atoms with E-state index in [0.717, 1.165) is 0 Å². The van der Waals surface area contributed by atoms with Gasteiger partial charge in [0.25, 0.3) is 5.91 Å². The van der Waals surface area contributed by atoms with Crippen molar-refractivity contribution in [1.29, 1.82) is 0 Å². The average molecular weight is 320 g/mol. The maximum Gasteiger partial charge on any atom is 0.322 e. The predicted molar refractivity (Wildman–Crippen MR) is 80.1 cm³/mol. The molecule has 4 amide bonds. The summed E-state index contributed by atoms with van der Waals surface area (Å²) in [4.78, 5) is 37.0. The van der Waals surface area contributed by atoms with Crippen LogP contribution in [0.3, 0.4) is 0 Å². The summed E-state index contributed by atoms with van der Waals surface area (Å²) < 4.78 is 12.8. The van der Waals surface area contributed by atoms with Gasteiger partial charge in [-0.15, -0.1) is 0 Å². The van der Waals surface area contributed by atoms with Gasteiger partial charge in [0, 0.05) is 18.8 Å². The standard InChI is InChI=1S/C15H17FN4O3/c16-10-1-3-11(4-2-10)17-12(21)9-20-7-5-15(6-8-20)13(22)18-14(23)19-15/h1-4H,5-9H2,(H,17,21)(H2,18,19,22,23). The molecule has 2 saturated heterocycles. The molecule has 7 nitrogen and oxygen atoms in total. The van der Waals surface area contributed by atoms with Gasteiger partial charge in [0.2, 0.25) is 5.91 Å². The van der Waals surface area contributed by atoms with E-state index < -0.39 is 11.6 Å². The molecule has 1 aromatic rings. The number of nitrogens with zero attached hydrogens (tertiary/aromatic N) is 1. The summed E-state index contributed by atoms with van der Waals surface area (Å²) in [7, 11) is 0. The Kier molecular flexibility index (Phi) is 3.99. The minimum Gasteiger partial charge on any atom is -0.325 e. The number of benzene rings is 1. The van der Waals surface area contributed by atoms with Gasteiger partial charge in [-0.05, 0) is 37.1 Å². The van der Waals surface area contributed by atoms with Crippen molar-refractivity contribution in [3.05, 3.63) is 30.1 Å².